The summed E-state index contributed by atoms with van der Waals surface area (Å²) in [5.74, 6) is -0.142. The number of hydrogen-bond acceptors (Lipinski definition) is 3. The van der Waals surface area contributed by atoms with Crippen molar-refractivity contribution in [3.8, 4) is 0 Å². The summed E-state index contributed by atoms with van der Waals surface area (Å²) in [4.78, 5) is 0. The molecule has 0 spiro atoms. The van der Waals surface area contributed by atoms with E-state index in [4.69, 9.17) is 0 Å². The van der Waals surface area contributed by atoms with E-state index in [1.807, 2.05) is 13.0 Å². The normalized spacial score (nSPS) is 13.5. The molecule has 0 bridgehead atoms. The molecule has 0 aliphatic rings. The van der Waals surface area contributed by atoms with E-state index in [-0.39, 0.29) is 17.6 Å². The number of benzene rings is 1. The molecular weight excluding hydrogens is 333 g/mol. The first-order chi connectivity index (χ1) is 8.83. The molecule has 0 aliphatic carbocycles. The Morgan fingerprint density at radius 1 is 1.42 bits per heavy atom. The van der Waals surface area contributed by atoms with Crippen molar-refractivity contribution in [3.63, 3.8) is 0 Å². The van der Waals surface area contributed by atoms with Crippen LogP contribution >= 0.6 is 15.9 Å². The summed E-state index contributed by atoms with van der Waals surface area (Å²) in [6.45, 7) is 2.72. The molecule has 108 valence electrons. The topological polar surface area (TPSA) is 46.2 Å². The molecule has 6 heteroatoms. The second-order valence-electron chi connectivity index (χ2n) is 4.56. The minimum Gasteiger partial charge on any atom is -0.310 e. The van der Waals surface area contributed by atoms with Crippen LogP contribution in [0.3, 0.4) is 0 Å². The third kappa shape index (κ3) is 6.01. The standard InChI is InChI=1S/C13H19BrFNO2S/c1-3-16-13(5-4-8-19(2,17)18)10-6-7-11(14)12(15)9-10/h6-7,9,13,16H,3-5,8H2,1-2H3. The molecule has 1 unspecified atom stereocenters. The van der Waals surface area contributed by atoms with Gasteiger partial charge in [0, 0.05) is 18.1 Å². The van der Waals surface area contributed by atoms with E-state index >= 15 is 0 Å². The first-order valence-electron chi connectivity index (χ1n) is 6.19. The molecule has 1 atom stereocenters. The van der Waals surface area contributed by atoms with Gasteiger partial charge in [-0.2, -0.15) is 0 Å². The molecule has 1 aromatic rings. The van der Waals surface area contributed by atoms with Crippen molar-refractivity contribution in [2.45, 2.75) is 25.8 Å². The highest BCUT2D eigenvalue weighted by atomic mass is 79.9. The van der Waals surface area contributed by atoms with Crippen LogP contribution in [0.4, 0.5) is 4.39 Å². The lowest BCUT2D eigenvalue weighted by Crippen LogP contribution is -2.21. The third-order valence-corrected chi connectivity index (χ3v) is 4.48. The van der Waals surface area contributed by atoms with Gasteiger partial charge in [0.15, 0.2) is 0 Å². The average molecular weight is 352 g/mol. The van der Waals surface area contributed by atoms with Crippen LogP contribution in [0, 0.1) is 5.82 Å². The lowest BCUT2D eigenvalue weighted by molar-refractivity contribution is 0.502. The van der Waals surface area contributed by atoms with Crippen LogP contribution in [0.15, 0.2) is 22.7 Å². The Kier molecular flexibility index (Phi) is 6.42. The number of rotatable bonds is 7. The van der Waals surface area contributed by atoms with Gasteiger partial charge in [-0.3, -0.25) is 0 Å². The molecular formula is C13H19BrFNO2S. The fourth-order valence-electron chi connectivity index (χ4n) is 1.91. The van der Waals surface area contributed by atoms with E-state index in [9.17, 15) is 12.8 Å². The van der Waals surface area contributed by atoms with E-state index in [0.717, 1.165) is 12.1 Å². The molecule has 0 fully saturated rings. The fourth-order valence-corrected chi connectivity index (χ4v) is 2.85. The molecule has 19 heavy (non-hydrogen) atoms. The van der Waals surface area contributed by atoms with Crippen molar-refractivity contribution in [2.24, 2.45) is 0 Å². The maximum atomic E-state index is 13.5. The molecule has 0 heterocycles. The van der Waals surface area contributed by atoms with Crippen LogP contribution in [0.25, 0.3) is 0 Å². The van der Waals surface area contributed by atoms with Gasteiger partial charge >= 0.3 is 0 Å². The molecule has 1 N–H and O–H groups in total. The van der Waals surface area contributed by atoms with Gasteiger partial charge in [-0.1, -0.05) is 13.0 Å². The van der Waals surface area contributed by atoms with Gasteiger partial charge in [0.1, 0.15) is 15.7 Å². The summed E-state index contributed by atoms with van der Waals surface area (Å²) < 4.78 is 36.2. The summed E-state index contributed by atoms with van der Waals surface area (Å²) in [6, 6.07) is 4.99. The zero-order valence-electron chi connectivity index (χ0n) is 11.1. The summed E-state index contributed by atoms with van der Waals surface area (Å²) in [7, 11) is -2.94. The Balaban J connectivity index is 2.73. The maximum Gasteiger partial charge on any atom is 0.147 e. The predicted molar refractivity (Wildman–Crippen MR) is 79.5 cm³/mol. The predicted octanol–water partition coefficient (Wildman–Crippen LogP) is 3.06. The number of halogens is 2. The monoisotopic (exact) mass is 351 g/mol. The largest absolute Gasteiger partial charge is 0.310 e. The smallest absolute Gasteiger partial charge is 0.147 e. The molecule has 0 aromatic heterocycles. The summed E-state index contributed by atoms with van der Waals surface area (Å²) >= 11 is 3.12. The van der Waals surface area contributed by atoms with Crippen LogP contribution in [0.2, 0.25) is 0 Å². The van der Waals surface area contributed by atoms with Crippen LogP contribution in [0.5, 0.6) is 0 Å². The van der Waals surface area contributed by atoms with Gasteiger partial charge in [0.25, 0.3) is 0 Å². The van der Waals surface area contributed by atoms with Gasteiger partial charge in [-0.05, 0) is 53.0 Å². The molecule has 0 saturated carbocycles. The number of nitrogens with one attached hydrogen (secondary N) is 1. The van der Waals surface area contributed by atoms with Crippen molar-refractivity contribution >= 4 is 25.8 Å². The molecule has 1 rings (SSSR count). The molecule has 3 nitrogen and oxygen atoms in total. The van der Waals surface area contributed by atoms with Crippen LogP contribution in [-0.2, 0) is 9.84 Å². The van der Waals surface area contributed by atoms with Gasteiger partial charge < -0.3 is 5.32 Å². The Labute approximate surface area is 122 Å². The Morgan fingerprint density at radius 2 is 2.11 bits per heavy atom. The second-order valence-corrected chi connectivity index (χ2v) is 7.67. The van der Waals surface area contributed by atoms with Crippen molar-refractivity contribution in [2.75, 3.05) is 18.6 Å². The minimum absolute atomic E-state index is 0.0191. The molecule has 0 amide bonds. The van der Waals surface area contributed by atoms with E-state index < -0.39 is 9.84 Å². The van der Waals surface area contributed by atoms with E-state index in [1.54, 1.807) is 6.07 Å². The highest BCUT2D eigenvalue weighted by Crippen LogP contribution is 2.23. The molecule has 0 radical (unpaired) electrons. The molecule has 1 aromatic carbocycles. The Hall–Kier alpha value is -0.460. The highest BCUT2D eigenvalue weighted by molar-refractivity contribution is 9.10. The zero-order valence-corrected chi connectivity index (χ0v) is 13.5. The zero-order chi connectivity index (χ0) is 14.5. The Morgan fingerprint density at radius 3 is 2.63 bits per heavy atom. The van der Waals surface area contributed by atoms with Crippen molar-refractivity contribution in [3.05, 3.63) is 34.1 Å². The van der Waals surface area contributed by atoms with Crippen LogP contribution in [-0.4, -0.2) is 27.0 Å². The summed E-state index contributed by atoms with van der Waals surface area (Å²) in [5.41, 5.74) is 0.844. The maximum absolute atomic E-state index is 13.5. The first-order valence-corrected chi connectivity index (χ1v) is 9.05. The highest BCUT2D eigenvalue weighted by Gasteiger charge is 2.13. The first kappa shape index (κ1) is 16.6. The van der Waals surface area contributed by atoms with E-state index in [1.165, 1.54) is 12.3 Å². The quantitative estimate of drug-likeness (QED) is 0.820. The van der Waals surface area contributed by atoms with Gasteiger partial charge in [-0.25, -0.2) is 12.8 Å². The molecule has 0 saturated heterocycles. The van der Waals surface area contributed by atoms with Gasteiger partial charge in [0.05, 0.1) is 4.47 Å². The lowest BCUT2D eigenvalue weighted by Gasteiger charge is -2.18. The van der Waals surface area contributed by atoms with E-state index in [0.29, 0.717) is 17.3 Å². The number of hydrogen-bond donors (Lipinski definition) is 1. The third-order valence-electron chi connectivity index (χ3n) is 2.80. The van der Waals surface area contributed by atoms with Crippen molar-refractivity contribution in [1.29, 1.82) is 0 Å². The lowest BCUT2D eigenvalue weighted by atomic mass is 10.0. The van der Waals surface area contributed by atoms with E-state index in [2.05, 4.69) is 21.2 Å². The Bertz CT molecular complexity index is 519. The summed E-state index contributed by atoms with van der Waals surface area (Å²) in [6.07, 6.45) is 2.46. The van der Waals surface area contributed by atoms with Crippen LogP contribution in [0.1, 0.15) is 31.4 Å². The SMILES string of the molecule is CCNC(CCCS(C)(=O)=O)c1ccc(Br)c(F)c1. The van der Waals surface area contributed by atoms with Crippen LogP contribution < -0.4 is 5.32 Å². The summed E-state index contributed by atoms with van der Waals surface area (Å²) in [5, 5.41) is 3.26. The fraction of sp³-hybridized carbons (Fsp3) is 0.538. The number of sulfone groups is 1. The second kappa shape index (κ2) is 7.36. The van der Waals surface area contributed by atoms with Gasteiger partial charge in [0.2, 0.25) is 0 Å². The van der Waals surface area contributed by atoms with Crippen molar-refractivity contribution < 1.29 is 12.8 Å². The minimum atomic E-state index is -2.94. The average Bonchev–Trinajstić information content (AvgIpc) is 2.30. The van der Waals surface area contributed by atoms with Crippen molar-refractivity contribution in [1.82, 2.24) is 5.32 Å². The molecule has 0 aliphatic heterocycles. The van der Waals surface area contributed by atoms with Gasteiger partial charge in [-0.15, -0.1) is 0 Å².